The molecule has 5 nitrogen and oxygen atoms in total. The van der Waals surface area contributed by atoms with Gasteiger partial charge in [0.15, 0.2) is 0 Å². The Hall–Kier alpha value is -1.11. The molecule has 0 unspecified atom stereocenters. The molecule has 3 N–H and O–H groups in total. The normalized spacial score (nSPS) is 18.4. The minimum Gasteiger partial charge on any atom is -0.388 e. The van der Waals surface area contributed by atoms with E-state index in [4.69, 9.17) is 0 Å². The van der Waals surface area contributed by atoms with E-state index in [2.05, 4.69) is 10.0 Å². The second-order valence-corrected chi connectivity index (χ2v) is 7.43. The number of hydrogen-bond acceptors (Lipinski definition) is 4. The van der Waals surface area contributed by atoms with E-state index in [-0.39, 0.29) is 4.90 Å². The Bertz CT molecular complexity index is 549. The molecule has 1 aromatic rings. The van der Waals surface area contributed by atoms with Crippen LogP contribution in [0.3, 0.4) is 0 Å². The summed E-state index contributed by atoms with van der Waals surface area (Å²) in [7, 11) is -3.40. The third-order valence-corrected chi connectivity index (χ3v) is 5.47. The van der Waals surface area contributed by atoms with Crippen LogP contribution in [-0.2, 0) is 10.0 Å². The van der Waals surface area contributed by atoms with Gasteiger partial charge in [0.05, 0.1) is 10.5 Å². The monoisotopic (exact) mass is 312 g/mol. The Morgan fingerprint density at radius 2 is 1.76 bits per heavy atom. The molecule has 118 valence electrons. The molecule has 1 saturated carbocycles. The number of rotatable bonds is 6. The highest BCUT2D eigenvalue weighted by molar-refractivity contribution is 7.89. The van der Waals surface area contributed by atoms with Crippen molar-refractivity contribution in [2.24, 2.45) is 0 Å². The molecule has 1 aliphatic carbocycles. The fourth-order valence-electron chi connectivity index (χ4n) is 2.68. The molecule has 1 fully saturated rings. The van der Waals surface area contributed by atoms with Crippen LogP contribution in [0.2, 0.25) is 0 Å². The molecule has 1 aromatic carbocycles. The van der Waals surface area contributed by atoms with Gasteiger partial charge in [-0.1, -0.05) is 26.2 Å². The van der Waals surface area contributed by atoms with Crippen LogP contribution in [0, 0.1) is 0 Å². The van der Waals surface area contributed by atoms with E-state index >= 15 is 0 Å². The number of anilines is 1. The Labute approximate surface area is 126 Å². The summed E-state index contributed by atoms with van der Waals surface area (Å²) >= 11 is 0. The summed E-state index contributed by atoms with van der Waals surface area (Å²) in [6.45, 7) is 2.63. The zero-order valence-electron chi connectivity index (χ0n) is 12.4. The van der Waals surface area contributed by atoms with E-state index in [0.29, 0.717) is 13.1 Å². The predicted octanol–water partition coefficient (Wildman–Crippen LogP) is 2.09. The van der Waals surface area contributed by atoms with Crippen LogP contribution >= 0.6 is 0 Å². The number of aliphatic hydroxyl groups is 1. The summed E-state index contributed by atoms with van der Waals surface area (Å²) in [4.78, 5) is 0.256. The van der Waals surface area contributed by atoms with Gasteiger partial charge in [-0.05, 0) is 37.1 Å². The minimum absolute atomic E-state index is 0.256. The zero-order valence-corrected chi connectivity index (χ0v) is 13.2. The van der Waals surface area contributed by atoms with Crippen molar-refractivity contribution in [1.82, 2.24) is 4.72 Å². The standard InChI is InChI=1S/C15H24N2O3S/c1-2-17-21(19,20)14-8-6-13(7-9-14)16-12-15(18)10-4-3-5-11-15/h6-9,16-18H,2-5,10-12H2,1H3. The van der Waals surface area contributed by atoms with Crippen LogP contribution in [0.25, 0.3) is 0 Å². The first-order valence-corrected chi connectivity index (χ1v) is 8.99. The van der Waals surface area contributed by atoms with E-state index in [1.54, 1.807) is 31.2 Å². The lowest BCUT2D eigenvalue weighted by Gasteiger charge is -2.32. The molecular weight excluding hydrogens is 288 g/mol. The van der Waals surface area contributed by atoms with Gasteiger partial charge in [-0.2, -0.15) is 0 Å². The van der Waals surface area contributed by atoms with Gasteiger partial charge in [-0.15, -0.1) is 0 Å². The summed E-state index contributed by atoms with van der Waals surface area (Å²) in [5, 5.41) is 13.6. The van der Waals surface area contributed by atoms with Gasteiger partial charge in [0, 0.05) is 18.8 Å². The molecule has 0 heterocycles. The van der Waals surface area contributed by atoms with Crippen LogP contribution in [0.4, 0.5) is 5.69 Å². The van der Waals surface area contributed by atoms with Gasteiger partial charge in [-0.25, -0.2) is 13.1 Å². The highest BCUT2D eigenvalue weighted by Gasteiger charge is 2.28. The minimum atomic E-state index is -3.40. The van der Waals surface area contributed by atoms with Crippen molar-refractivity contribution in [2.45, 2.75) is 49.5 Å². The summed E-state index contributed by atoms with van der Waals surface area (Å²) in [5.41, 5.74) is 0.191. The largest absolute Gasteiger partial charge is 0.388 e. The van der Waals surface area contributed by atoms with Crippen molar-refractivity contribution in [2.75, 3.05) is 18.4 Å². The van der Waals surface area contributed by atoms with Gasteiger partial charge in [0.2, 0.25) is 10.0 Å². The Morgan fingerprint density at radius 1 is 1.14 bits per heavy atom. The first-order chi connectivity index (χ1) is 9.95. The van der Waals surface area contributed by atoms with E-state index in [1.165, 1.54) is 6.42 Å². The molecule has 0 radical (unpaired) electrons. The molecule has 0 saturated heterocycles. The quantitative estimate of drug-likeness (QED) is 0.751. The van der Waals surface area contributed by atoms with Gasteiger partial charge in [0.25, 0.3) is 0 Å². The third kappa shape index (κ3) is 4.43. The summed E-state index contributed by atoms with van der Waals surface area (Å²) in [5.74, 6) is 0. The third-order valence-electron chi connectivity index (χ3n) is 3.90. The molecule has 1 aliphatic rings. The van der Waals surface area contributed by atoms with Crippen molar-refractivity contribution in [3.8, 4) is 0 Å². The van der Waals surface area contributed by atoms with Gasteiger partial charge < -0.3 is 10.4 Å². The average Bonchev–Trinajstić information content (AvgIpc) is 2.46. The second kappa shape index (κ2) is 6.77. The lowest BCUT2D eigenvalue weighted by atomic mass is 9.85. The van der Waals surface area contributed by atoms with Crippen LogP contribution in [0.5, 0.6) is 0 Å². The first kappa shape index (κ1) is 16.3. The van der Waals surface area contributed by atoms with Crippen molar-refractivity contribution >= 4 is 15.7 Å². The van der Waals surface area contributed by atoms with Crippen molar-refractivity contribution in [1.29, 1.82) is 0 Å². The summed E-state index contributed by atoms with van der Waals surface area (Å²) in [6.07, 6.45) is 4.98. The number of benzene rings is 1. The highest BCUT2D eigenvalue weighted by Crippen LogP contribution is 2.28. The Kier molecular flexibility index (Phi) is 5.24. The predicted molar refractivity (Wildman–Crippen MR) is 83.8 cm³/mol. The summed E-state index contributed by atoms with van der Waals surface area (Å²) < 4.78 is 26.1. The van der Waals surface area contributed by atoms with E-state index < -0.39 is 15.6 Å². The zero-order chi connectivity index (χ0) is 15.3. The number of sulfonamides is 1. The maximum Gasteiger partial charge on any atom is 0.240 e. The summed E-state index contributed by atoms with van der Waals surface area (Å²) in [6, 6.07) is 6.61. The maximum absolute atomic E-state index is 11.8. The molecule has 2 rings (SSSR count). The van der Waals surface area contributed by atoms with E-state index in [0.717, 1.165) is 31.4 Å². The van der Waals surface area contributed by atoms with Crippen molar-refractivity contribution < 1.29 is 13.5 Å². The number of nitrogens with one attached hydrogen (secondary N) is 2. The fourth-order valence-corrected chi connectivity index (χ4v) is 3.72. The SMILES string of the molecule is CCNS(=O)(=O)c1ccc(NCC2(O)CCCCC2)cc1. The fraction of sp³-hybridized carbons (Fsp3) is 0.600. The van der Waals surface area contributed by atoms with Gasteiger partial charge in [-0.3, -0.25) is 0 Å². The molecule has 0 aromatic heterocycles. The molecule has 6 heteroatoms. The van der Waals surface area contributed by atoms with Crippen LogP contribution in [0.1, 0.15) is 39.0 Å². The molecule has 0 spiro atoms. The maximum atomic E-state index is 11.8. The van der Waals surface area contributed by atoms with E-state index in [1.807, 2.05) is 0 Å². The Balaban J connectivity index is 1.96. The van der Waals surface area contributed by atoms with Crippen LogP contribution in [0.15, 0.2) is 29.2 Å². The van der Waals surface area contributed by atoms with Crippen LogP contribution in [-0.4, -0.2) is 32.2 Å². The Morgan fingerprint density at radius 3 is 2.33 bits per heavy atom. The highest BCUT2D eigenvalue weighted by atomic mass is 32.2. The molecule has 21 heavy (non-hydrogen) atoms. The molecule has 0 amide bonds. The average molecular weight is 312 g/mol. The molecule has 0 bridgehead atoms. The first-order valence-electron chi connectivity index (χ1n) is 7.51. The lowest BCUT2D eigenvalue weighted by Crippen LogP contribution is -2.38. The van der Waals surface area contributed by atoms with E-state index in [9.17, 15) is 13.5 Å². The van der Waals surface area contributed by atoms with Gasteiger partial charge in [0.1, 0.15) is 0 Å². The second-order valence-electron chi connectivity index (χ2n) is 5.66. The molecule has 0 aliphatic heterocycles. The molecule has 0 atom stereocenters. The lowest BCUT2D eigenvalue weighted by molar-refractivity contribution is 0.0167. The van der Waals surface area contributed by atoms with Crippen LogP contribution < -0.4 is 10.0 Å². The topological polar surface area (TPSA) is 78.4 Å². The van der Waals surface area contributed by atoms with Crippen molar-refractivity contribution in [3.63, 3.8) is 0 Å². The van der Waals surface area contributed by atoms with Gasteiger partial charge >= 0.3 is 0 Å². The smallest absolute Gasteiger partial charge is 0.240 e. The number of hydrogen-bond donors (Lipinski definition) is 3. The molecular formula is C15H24N2O3S. The van der Waals surface area contributed by atoms with Crippen molar-refractivity contribution in [3.05, 3.63) is 24.3 Å².